The molecule has 4 nitrogen and oxygen atoms in total. The third-order valence-corrected chi connectivity index (χ3v) is 5.64. The van der Waals surface area contributed by atoms with Crippen LogP contribution in [0.1, 0.15) is 29.2 Å². The van der Waals surface area contributed by atoms with Gasteiger partial charge in [0.05, 0.1) is 11.3 Å². The molecule has 0 aliphatic carbocycles. The molecule has 0 N–H and O–H groups in total. The van der Waals surface area contributed by atoms with Crippen LogP contribution in [0, 0.1) is 13.8 Å². The van der Waals surface area contributed by atoms with E-state index in [1.54, 1.807) is 0 Å². The summed E-state index contributed by atoms with van der Waals surface area (Å²) in [7, 11) is 0. The second kappa shape index (κ2) is 8.60. The third kappa shape index (κ3) is 3.89. The van der Waals surface area contributed by atoms with E-state index >= 15 is 0 Å². The molecular formula is C27H26N2O2. The molecule has 1 aliphatic heterocycles. The zero-order valence-electron chi connectivity index (χ0n) is 18.1. The van der Waals surface area contributed by atoms with Crippen LogP contribution in [-0.2, 0) is 16.1 Å². The summed E-state index contributed by atoms with van der Waals surface area (Å²) in [5.41, 5.74) is 5.33. The molecule has 0 bridgehead atoms. The summed E-state index contributed by atoms with van der Waals surface area (Å²) in [5, 5.41) is 0. The number of aryl methyl sites for hydroxylation is 2. The highest BCUT2D eigenvalue weighted by molar-refractivity contribution is 6.45. The van der Waals surface area contributed by atoms with Gasteiger partial charge in [0.15, 0.2) is 0 Å². The quantitative estimate of drug-likeness (QED) is 0.530. The highest BCUT2D eigenvalue weighted by Crippen LogP contribution is 2.36. The van der Waals surface area contributed by atoms with Gasteiger partial charge in [-0.05, 0) is 49.1 Å². The van der Waals surface area contributed by atoms with E-state index in [1.165, 1.54) is 4.90 Å². The third-order valence-electron chi connectivity index (χ3n) is 5.64. The molecule has 31 heavy (non-hydrogen) atoms. The number of benzene rings is 3. The number of nitrogens with zero attached hydrogens (tertiary/aromatic N) is 2. The predicted molar refractivity (Wildman–Crippen MR) is 124 cm³/mol. The van der Waals surface area contributed by atoms with Gasteiger partial charge >= 0.3 is 0 Å². The Bertz CT molecular complexity index is 1150. The molecule has 1 heterocycles. The number of hydrogen-bond donors (Lipinski definition) is 0. The summed E-state index contributed by atoms with van der Waals surface area (Å²) in [6.07, 6.45) is 0. The molecule has 0 spiro atoms. The Morgan fingerprint density at radius 1 is 0.806 bits per heavy atom. The van der Waals surface area contributed by atoms with Gasteiger partial charge in [0, 0.05) is 13.1 Å². The molecule has 156 valence electrons. The molecule has 4 rings (SSSR count). The minimum atomic E-state index is -0.272. The molecule has 2 amide bonds. The standard InChI is InChI=1S/C27H26N2O2/c1-4-28(18-21-11-7-5-8-12-21)25-24(22-13-9-6-10-14-22)26(30)29(27(25)31)23-17-19(2)15-16-20(23)3/h5-17H,4,18H2,1-3H3. The summed E-state index contributed by atoms with van der Waals surface area (Å²) < 4.78 is 0. The number of imide groups is 1. The number of carbonyl (C=O) groups excluding carboxylic acids is 2. The SMILES string of the molecule is CCN(Cc1ccccc1)C1=C(c2ccccc2)C(=O)N(c2cc(C)ccc2C)C1=O. The van der Waals surface area contributed by atoms with E-state index in [1.807, 2.05) is 105 Å². The van der Waals surface area contributed by atoms with Crippen LogP contribution in [0.25, 0.3) is 5.57 Å². The van der Waals surface area contributed by atoms with Gasteiger partial charge in [-0.1, -0.05) is 72.8 Å². The van der Waals surface area contributed by atoms with Crippen molar-refractivity contribution >= 4 is 23.1 Å². The maximum atomic E-state index is 13.8. The fraction of sp³-hybridized carbons (Fsp3) is 0.185. The monoisotopic (exact) mass is 410 g/mol. The number of amides is 2. The summed E-state index contributed by atoms with van der Waals surface area (Å²) in [6.45, 7) is 7.07. The number of rotatable bonds is 6. The van der Waals surface area contributed by atoms with E-state index < -0.39 is 0 Å². The van der Waals surface area contributed by atoms with Gasteiger partial charge in [-0.2, -0.15) is 0 Å². The summed E-state index contributed by atoms with van der Waals surface area (Å²) in [6, 6.07) is 25.4. The first-order chi connectivity index (χ1) is 15.0. The van der Waals surface area contributed by atoms with Crippen molar-refractivity contribution in [2.45, 2.75) is 27.3 Å². The van der Waals surface area contributed by atoms with Crippen LogP contribution < -0.4 is 4.90 Å². The fourth-order valence-electron chi connectivity index (χ4n) is 4.01. The highest BCUT2D eigenvalue weighted by Gasteiger charge is 2.42. The molecule has 0 radical (unpaired) electrons. The van der Waals surface area contributed by atoms with E-state index in [4.69, 9.17) is 0 Å². The second-order valence-electron chi connectivity index (χ2n) is 7.83. The van der Waals surface area contributed by atoms with Crippen LogP contribution in [0.3, 0.4) is 0 Å². The van der Waals surface area contributed by atoms with Gasteiger partial charge in [0.1, 0.15) is 5.70 Å². The van der Waals surface area contributed by atoms with Crippen LogP contribution in [-0.4, -0.2) is 23.3 Å². The number of anilines is 1. The Morgan fingerprint density at radius 2 is 1.45 bits per heavy atom. The molecule has 0 unspecified atom stereocenters. The van der Waals surface area contributed by atoms with Crippen LogP contribution >= 0.6 is 0 Å². The molecule has 3 aromatic carbocycles. The van der Waals surface area contributed by atoms with E-state index in [-0.39, 0.29) is 11.8 Å². The first kappa shape index (κ1) is 20.6. The average molecular weight is 411 g/mol. The minimum absolute atomic E-state index is 0.268. The molecule has 0 atom stereocenters. The Kier molecular flexibility index (Phi) is 5.72. The van der Waals surface area contributed by atoms with Crippen LogP contribution in [0.5, 0.6) is 0 Å². The van der Waals surface area contributed by atoms with Gasteiger partial charge in [-0.3, -0.25) is 9.59 Å². The Hall–Kier alpha value is -3.66. The normalized spacial score (nSPS) is 13.8. The smallest absolute Gasteiger partial charge is 0.282 e. The molecule has 0 saturated carbocycles. The van der Waals surface area contributed by atoms with Crippen molar-refractivity contribution in [3.05, 3.63) is 107 Å². The van der Waals surface area contributed by atoms with Crippen molar-refractivity contribution in [2.24, 2.45) is 0 Å². The molecule has 3 aromatic rings. The van der Waals surface area contributed by atoms with E-state index in [9.17, 15) is 9.59 Å². The lowest BCUT2D eigenvalue weighted by atomic mass is 10.0. The van der Waals surface area contributed by atoms with Crippen LogP contribution in [0.4, 0.5) is 5.69 Å². The molecule has 0 fully saturated rings. The largest absolute Gasteiger partial charge is 0.362 e. The van der Waals surface area contributed by atoms with Gasteiger partial charge in [0.2, 0.25) is 0 Å². The lowest BCUT2D eigenvalue weighted by Crippen LogP contribution is -2.35. The lowest BCUT2D eigenvalue weighted by Gasteiger charge is -2.25. The van der Waals surface area contributed by atoms with E-state index in [0.717, 1.165) is 22.3 Å². The molecule has 1 aliphatic rings. The van der Waals surface area contributed by atoms with E-state index in [2.05, 4.69) is 0 Å². The highest BCUT2D eigenvalue weighted by atomic mass is 16.2. The number of carbonyl (C=O) groups is 2. The molecular weight excluding hydrogens is 384 g/mol. The minimum Gasteiger partial charge on any atom is -0.362 e. The Labute approximate surface area is 183 Å². The average Bonchev–Trinajstić information content (AvgIpc) is 3.05. The fourth-order valence-corrected chi connectivity index (χ4v) is 4.01. The van der Waals surface area contributed by atoms with Gasteiger partial charge in [-0.15, -0.1) is 0 Å². The van der Waals surface area contributed by atoms with Crippen molar-refractivity contribution in [1.29, 1.82) is 0 Å². The van der Waals surface area contributed by atoms with E-state index in [0.29, 0.717) is 30.0 Å². The van der Waals surface area contributed by atoms with Crippen molar-refractivity contribution in [3.63, 3.8) is 0 Å². The zero-order chi connectivity index (χ0) is 22.0. The maximum Gasteiger partial charge on any atom is 0.282 e. The summed E-state index contributed by atoms with van der Waals surface area (Å²) >= 11 is 0. The summed E-state index contributed by atoms with van der Waals surface area (Å²) in [5.74, 6) is -0.540. The van der Waals surface area contributed by atoms with Gasteiger partial charge < -0.3 is 4.90 Å². The molecule has 0 aromatic heterocycles. The van der Waals surface area contributed by atoms with Crippen LogP contribution in [0.2, 0.25) is 0 Å². The van der Waals surface area contributed by atoms with Crippen molar-refractivity contribution in [2.75, 3.05) is 11.4 Å². The Morgan fingerprint density at radius 3 is 2.10 bits per heavy atom. The van der Waals surface area contributed by atoms with Crippen molar-refractivity contribution in [3.8, 4) is 0 Å². The number of likely N-dealkylation sites (N-methyl/N-ethyl adjacent to an activating group) is 1. The lowest BCUT2D eigenvalue weighted by molar-refractivity contribution is -0.120. The zero-order valence-corrected chi connectivity index (χ0v) is 18.1. The van der Waals surface area contributed by atoms with Crippen LogP contribution in [0.15, 0.2) is 84.6 Å². The first-order valence-corrected chi connectivity index (χ1v) is 10.6. The number of hydrogen-bond acceptors (Lipinski definition) is 3. The Balaban J connectivity index is 1.85. The van der Waals surface area contributed by atoms with Crippen molar-refractivity contribution < 1.29 is 9.59 Å². The van der Waals surface area contributed by atoms with Crippen molar-refractivity contribution in [1.82, 2.24) is 4.90 Å². The topological polar surface area (TPSA) is 40.6 Å². The molecule has 4 heteroatoms. The van der Waals surface area contributed by atoms with Gasteiger partial charge in [-0.25, -0.2) is 4.90 Å². The summed E-state index contributed by atoms with van der Waals surface area (Å²) in [4.78, 5) is 30.8. The second-order valence-corrected chi connectivity index (χ2v) is 7.83. The van der Waals surface area contributed by atoms with Gasteiger partial charge in [0.25, 0.3) is 11.8 Å². The maximum absolute atomic E-state index is 13.8. The predicted octanol–water partition coefficient (Wildman–Crippen LogP) is 5.11. The first-order valence-electron chi connectivity index (χ1n) is 10.6. The molecule has 0 saturated heterocycles.